The van der Waals surface area contributed by atoms with Crippen molar-refractivity contribution in [2.24, 2.45) is 0 Å². The van der Waals surface area contributed by atoms with Crippen LogP contribution in [0.5, 0.6) is 0 Å². The van der Waals surface area contributed by atoms with Crippen molar-refractivity contribution < 1.29 is 13.9 Å². The Morgan fingerprint density at radius 2 is 1.96 bits per heavy atom. The number of nitrogens with zero attached hydrogens (tertiary/aromatic N) is 2. The number of aryl methyl sites for hydroxylation is 1. The van der Waals surface area contributed by atoms with Crippen LogP contribution in [0.25, 0.3) is 0 Å². The lowest BCUT2D eigenvalue weighted by atomic mass is 10.0. The Hall–Kier alpha value is -1.92. The second-order valence-electron chi connectivity index (χ2n) is 7.00. The van der Waals surface area contributed by atoms with E-state index in [0.717, 1.165) is 36.9 Å². The van der Waals surface area contributed by atoms with Crippen LogP contribution in [0.2, 0.25) is 0 Å². The molecular formula is C19H22N2O3S. The minimum absolute atomic E-state index is 0.211. The van der Waals surface area contributed by atoms with Gasteiger partial charge in [-0.05, 0) is 31.2 Å². The van der Waals surface area contributed by atoms with Crippen molar-refractivity contribution in [2.75, 3.05) is 26.7 Å². The van der Waals surface area contributed by atoms with Gasteiger partial charge in [0.15, 0.2) is 5.09 Å². The van der Waals surface area contributed by atoms with E-state index >= 15 is 0 Å². The van der Waals surface area contributed by atoms with Crippen LogP contribution in [0.4, 0.5) is 4.79 Å². The van der Waals surface area contributed by atoms with Crippen LogP contribution >= 0.6 is 11.8 Å². The zero-order chi connectivity index (χ0) is 17.4. The highest BCUT2D eigenvalue weighted by atomic mass is 32.2. The van der Waals surface area contributed by atoms with Crippen LogP contribution in [-0.2, 0) is 11.3 Å². The number of amides is 1. The molecule has 3 heterocycles. The molecule has 132 valence electrons. The summed E-state index contributed by atoms with van der Waals surface area (Å²) >= 11 is 1.63. The number of hydrogen-bond donors (Lipinski definition) is 0. The molecular weight excluding hydrogens is 336 g/mol. The van der Waals surface area contributed by atoms with Crippen LogP contribution in [0.3, 0.4) is 0 Å². The van der Waals surface area contributed by atoms with E-state index in [4.69, 9.17) is 9.15 Å². The lowest BCUT2D eigenvalue weighted by molar-refractivity contribution is 0.0620. The first-order chi connectivity index (χ1) is 12.0. The van der Waals surface area contributed by atoms with Gasteiger partial charge in [0.05, 0.1) is 13.1 Å². The highest BCUT2D eigenvalue weighted by molar-refractivity contribution is 7.99. The minimum Gasteiger partial charge on any atom is -0.453 e. The maximum absolute atomic E-state index is 11.7. The summed E-state index contributed by atoms with van der Waals surface area (Å²) in [6.45, 7) is 5.20. The molecule has 2 saturated heterocycles. The Bertz CT molecular complexity index is 773. The number of likely N-dealkylation sites (N-methyl/N-ethyl adjacent to an activating group) is 1. The molecule has 0 bridgehead atoms. The predicted octanol–water partition coefficient (Wildman–Crippen LogP) is 3.77. The zero-order valence-electron chi connectivity index (χ0n) is 14.5. The first-order valence-electron chi connectivity index (χ1n) is 8.51. The number of carbonyl (C=O) groups excluding carboxylic acids is 1. The number of rotatable bonds is 4. The van der Waals surface area contributed by atoms with Gasteiger partial charge < -0.3 is 14.1 Å². The summed E-state index contributed by atoms with van der Waals surface area (Å²) in [6, 6.07) is 12.5. The Balaban J connectivity index is 1.36. The molecule has 2 fully saturated rings. The zero-order valence-corrected chi connectivity index (χ0v) is 15.3. The lowest BCUT2D eigenvalue weighted by Crippen LogP contribution is -2.36. The first kappa shape index (κ1) is 16.5. The quantitative estimate of drug-likeness (QED) is 0.833. The average molecular weight is 358 g/mol. The molecule has 0 saturated carbocycles. The number of furan rings is 1. The molecule has 2 aromatic rings. The van der Waals surface area contributed by atoms with Gasteiger partial charge in [-0.3, -0.25) is 4.90 Å². The average Bonchev–Trinajstić information content (AvgIpc) is 3.24. The fourth-order valence-corrected chi connectivity index (χ4v) is 4.30. The summed E-state index contributed by atoms with van der Waals surface area (Å²) in [6.07, 6.45) is 0.672. The molecule has 5 nitrogen and oxygen atoms in total. The predicted molar refractivity (Wildman–Crippen MR) is 95.7 cm³/mol. The SMILES string of the molecule is Cc1ccc(Sc2ccc(CN3CC[C@@]4(C3)CN(C)C(=O)O4)o2)cc1. The normalized spacial score (nSPS) is 23.6. The Morgan fingerprint density at radius 1 is 1.16 bits per heavy atom. The maximum Gasteiger partial charge on any atom is 0.410 e. The van der Waals surface area contributed by atoms with E-state index in [9.17, 15) is 4.79 Å². The molecule has 1 aromatic heterocycles. The molecule has 1 amide bonds. The van der Waals surface area contributed by atoms with E-state index in [2.05, 4.69) is 36.1 Å². The van der Waals surface area contributed by atoms with E-state index in [1.165, 1.54) is 10.5 Å². The van der Waals surface area contributed by atoms with Gasteiger partial charge in [0.25, 0.3) is 0 Å². The monoisotopic (exact) mass is 358 g/mol. The number of benzene rings is 1. The van der Waals surface area contributed by atoms with E-state index in [-0.39, 0.29) is 11.7 Å². The van der Waals surface area contributed by atoms with E-state index < -0.39 is 0 Å². The minimum atomic E-state index is -0.335. The van der Waals surface area contributed by atoms with Crippen molar-refractivity contribution in [1.82, 2.24) is 9.80 Å². The van der Waals surface area contributed by atoms with E-state index in [1.54, 1.807) is 23.7 Å². The summed E-state index contributed by atoms with van der Waals surface area (Å²) in [7, 11) is 1.79. The van der Waals surface area contributed by atoms with Crippen LogP contribution in [-0.4, -0.2) is 48.2 Å². The standard InChI is InChI=1S/C19H22N2O3S/c1-14-3-6-16(7-4-14)25-17-8-5-15(23-17)11-21-10-9-19(13-21)12-20(2)18(22)24-19/h3-8H,9-13H2,1-2H3/t19-/m0/s1. The van der Waals surface area contributed by atoms with Crippen molar-refractivity contribution in [2.45, 2.75) is 35.5 Å². The van der Waals surface area contributed by atoms with Crippen molar-refractivity contribution in [3.63, 3.8) is 0 Å². The van der Waals surface area contributed by atoms with Gasteiger partial charge >= 0.3 is 6.09 Å². The third-order valence-electron chi connectivity index (χ3n) is 4.79. The second-order valence-corrected chi connectivity index (χ2v) is 8.08. The molecule has 0 N–H and O–H groups in total. The lowest BCUT2D eigenvalue weighted by Gasteiger charge is -2.21. The molecule has 1 aromatic carbocycles. The van der Waals surface area contributed by atoms with Gasteiger partial charge in [0.1, 0.15) is 11.4 Å². The van der Waals surface area contributed by atoms with Crippen molar-refractivity contribution in [3.8, 4) is 0 Å². The highest BCUT2D eigenvalue weighted by Gasteiger charge is 2.48. The van der Waals surface area contributed by atoms with Crippen LogP contribution < -0.4 is 0 Å². The summed E-state index contributed by atoms with van der Waals surface area (Å²) in [5.74, 6) is 0.948. The maximum atomic E-state index is 11.7. The molecule has 0 radical (unpaired) electrons. The van der Waals surface area contributed by atoms with Gasteiger partial charge in [0.2, 0.25) is 0 Å². The topological polar surface area (TPSA) is 45.9 Å². The third kappa shape index (κ3) is 3.55. The van der Waals surface area contributed by atoms with Gasteiger partial charge in [-0.2, -0.15) is 0 Å². The summed E-state index contributed by atoms with van der Waals surface area (Å²) in [4.78, 5) is 16.8. The molecule has 0 unspecified atom stereocenters. The van der Waals surface area contributed by atoms with E-state index in [0.29, 0.717) is 6.54 Å². The number of ether oxygens (including phenoxy) is 1. The molecule has 2 aliphatic rings. The molecule has 1 atom stereocenters. The summed E-state index contributed by atoms with van der Waals surface area (Å²) < 4.78 is 11.6. The third-order valence-corrected chi connectivity index (χ3v) is 5.72. The Labute approximate surface area is 151 Å². The van der Waals surface area contributed by atoms with E-state index in [1.807, 2.05) is 12.1 Å². The van der Waals surface area contributed by atoms with Crippen LogP contribution in [0.15, 0.2) is 50.8 Å². The Morgan fingerprint density at radius 3 is 2.68 bits per heavy atom. The van der Waals surface area contributed by atoms with Gasteiger partial charge in [-0.25, -0.2) is 4.79 Å². The van der Waals surface area contributed by atoms with Crippen molar-refractivity contribution >= 4 is 17.9 Å². The van der Waals surface area contributed by atoms with Gasteiger partial charge in [-0.15, -0.1) is 0 Å². The molecule has 25 heavy (non-hydrogen) atoms. The Kier molecular flexibility index (Phi) is 4.25. The van der Waals surface area contributed by atoms with Crippen molar-refractivity contribution in [3.05, 3.63) is 47.7 Å². The molecule has 4 rings (SSSR count). The van der Waals surface area contributed by atoms with Crippen LogP contribution in [0.1, 0.15) is 17.7 Å². The largest absolute Gasteiger partial charge is 0.453 e. The van der Waals surface area contributed by atoms with Gasteiger partial charge in [0, 0.05) is 31.5 Å². The fraction of sp³-hybridized carbons (Fsp3) is 0.421. The molecule has 6 heteroatoms. The van der Waals surface area contributed by atoms with Crippen LogP contribution in [0, 0.1) is 6.92 Å². The molecule has 0 aliphatic carbocycles. The number of carbonyl (C=O) groups is 1. The highest BCUT2D eigenvalue weighted by Crippen LogP contribution is 2.34. The summed E-state index contributed by atoms with van der Waals surface area (Å²) in [5, 5.41) is 0.903. The number of likely N-dealkylation sites (tertiary alicyclic amines) is 1. The smallest absolute Gasteiger partial charge is 0.410 e. The second kappa shape index (κ2) is 6.42. The molecule has 2 aliphatic heterocycles. The first-order valence-corrected chi connectivity index (χ1v) is 9.33. The molecule has 1 spiro atoms. The summed E-state index contributed by atoms with van der Waals surface area (Å²) in [5.41, 5.74) is 0.920. The van der Waals surface area contributed by atoms with Crippen molar-refractivity contribution in [1.29, 1.82) is 0 Å². The van der Waals surface area contributed by atoms with Gasteiger partial charge in [-0.1, -0.05) is 29.5 Å². The number of hydrogen-bond acceptors (Lipinski definition) is 5. The fourth-order valence-electron chi connectivity index (χ4n) is 3.51.